The van der Waals surface area contributed by atoms with Crippen molar-refractivity contribution in [1.82, 2.24) is 9.55 Å². The Balaban J connectivity index is 1.42. The first-order valence-corrected chi connectivity index (χ1v) is 11.8. The number of aryl methyl sites for hydroxylation is 1. The van der Waals surface area contributed by atoms with Crippen LogP contribution < -0.4 is 11.4 Å². The summed E-state index contributed by atoms with van der Waals surface area (Å²) in [5.41, 5.74) is 7.76. The lowest BCUT2D eigenvalue weighted by molar-refractivity contribution is -0.168. The maximum atomic E-state index is 12.8. The predicted octanol–water partition coefficient (Wildman–Crippen LogP) is 3.86. The van der Waals surface area contributed by atoms with Crippen molar-refractivity contribution in [1.29, 1.82) is 0 Å². The molecular weight excluding hydrogens is 430 g/mol. The number of benzene rings is 2. The van der Waals surface area contributed by atoms with Crippen molar-refractivity contribution in [2.75, 3.05) is 12.3 Å². The van der Waals surface area contributed by atoms with E-state index in [9.17, 15) is 4.79 Å². The Labute approximate surface area is 199 Å². The van der Waals surface area contributed by atoms with E-state index in [1.165, 1.54) is 0 Å². The summed E-state index contributed by atoms with van der Waals surface area (Å²) in [5.74, 6) is 0.520. The molecule has 1 saturated carbocycles. The summed E-state index contributed by atoms with van der Waals surface area (Å²) in [7, 11) is 0. The van der Waals surface area contributed by atoms with Gasteiger partial charge in [0.05, 0.1) is 25.9 Å². The van der Waals surface area contributed by atoms with Gasteiger partial charge in [-0.05, 0) is 30.4 Å². The standard InChI is InChI=1S/C27H31N3O4/c1-18-13-27(17-32-15-20-9-5-3-6-10-20)23(33-16-21-11-7-4-8-12-21)22(18)25(34-27)30-14-19(2)24(28)29-26(30)31/h3-12,14,18,22-23,25H,13,15-17H2,1-2H3,(H2,28,29,31)/t18?,22-,23+,25-,27-/m1/s1. The summed E-state index contributed by atoms with van der Waals surface area (Å²) in [5, 5.41) is 0. The molecule has 1 saturated heterocycles. The molecule has 2 heterocycles. The maximum absolute atomic E-state index is 12.8. The van der Waals surface area contributed by atoms with Crippen LogP contribution in [0.4, 0.5) is 5.82 Å². The predicted molar refractivity (Wildman–Crippen MR) is 129 cm³/mol. The van der Waals surface area contributed by atoms with E-state index in [0.29, 0.717) is 19.8 Å². The van der Waals surface area contributed by atoms with Crippen LogP contribution in [0.1, 0.15) is 36.3 Å². The second-order valence-corrected chi connectivity index (χ2v) is 9.53. The number of fused-ring (bicyclic) bond motifs is 2. The molecule has 3 aromatic rings. The van der Waals surface area contributed by atoms with Gasteiger partial charge in [-0.3, -0.25) is 4.57 Å². The molecule has 5 rings (SSSR count). The van der Waals surface area contributed by atoms with Crippen LogP contribution in [0.15, 0.2) is 71.7 Å². The Morgan fingerprint density at radius 3 is 2.41 bits per heavy atom. The van der Waals surface area contributed by atoms with Crippen LogP contribution in [-0.4, -0.2) is 27.9 Å². The highest BCUT2D eigenvalue weighted by atomic mass is 16.6. The van der Waals surface area contributed by atoms with Crippen molar-refractivity contribution < 1.29 is 14.2 Å². The molecule has 1 unspecified atom stereocenters. The third-order valence-electron chi connectivity index (χ3n) is 7.06. The van der Waals surface area contributed by atoms with E-state index in [1.807, 2.05) is 55.5 Å². The van der Waals surface area contributed by atoms with Gasteiger partial charge in [0.2, 0.25) is 0 Å². The fraction of sp³-hybridized carbons (Fsp3) is 0.407. The quantitative estimate of drug-likeness (QED) is 0.548. The summed E-state index contributed by atoms with van der Waals surface area (Å²) in [6.07, 6.45) is 1.85. The smallest absolute Gasteiger partial charge is 0.351 e. The topological polar surface area (TPSA) is 88.6 Å². The molecule has 0 amide bonds. The highest BCUT2D eigenvalue weighted by molar-refractivity contribution is 5.35. The Kier molecular flexibility index (Phi) is 6.25. The van der Waals surface area contributed by atoms with Crippen LogP contribution in [0.2, 0.25) is 0 Å². The maximum Gasteiger partial charge on any atom is 0.351 e. The van der Waals surface area contributed by atoms with E-state index in [1.54, 1.807) is 10.8 Å². The molecule has 2 N–H and O–H groups in total. The molecule has 2 aliphatic rings. The molecule has 0 spiro atoms. The molecular formula is C27H31N3O4. The molecule has 5 atom stereocenters. The highest BCUT2D eigenvalue weighted by Crippen LogP contribution is 2.57. The van der Waals surface area contributed by atoms with Gasteiger partial charge in [-0.2, -0.15) is 4.98 Å². The summed E-state index contributed by atoms with van der Waals surface area (Å²) in [6, 6.07) is 20.2. The van der Waals surface area contributed by atoms with Gasteiger partial charge < -0.3 is 19.9 Å². The molecule has 7 nitrogen and oxygen atoms in total. The lowest BCUT2D eigenvalue weighted by atomic mass is 9.94. The van der Waals surface area contributed by atoms with Crippen LogP contribution in [-0.2, 0) is 27.4 Å². The van der Waals surface area contributed by atoms with Crippen molar-refractivity contribution in [2.45, 2.75) is 51.4 Å². The first-order chi connectivity index (χ1) is 16.5. The van der Waals surface area contributed by atoms with Crippen LogP contribution in [0.25, 0.3) is 0 Å². The normalized spacial score (nSPS) is 27.8. The monoisotopic (exact) mass is 461 g/mol. The minimum atomic E-state index is -0.646. The van der Waals surface area contributed by atoms with E-state index in [-0.39, 0.29) is 23.8 Å². The number of hydrogen-bond donors (Lipinski definition) is 1. The molecule has 2 aromatic carbocycles. The Morgan fingerprint density at radius 2 is 1.74 bits per heavy atom. The second-order valence-electron chi connectivity index (χ2n) is 9.53. The zero-order valence-corrected chi connectivity index (χ0v) is 19.6. The van der Waals surface area contributed by atoms with Crippen molar-refractivity contribution in [3.8, 4) is 0 Å². The molecule has 0 radical (unpaired) electrons. The van der Waals surface area contributed by atoms with Gasteiger partial charge in [0.25, 0.3) is 0 Å². The summed E-state index contributed by atoms with van der Waals surface area (Å²) < 4.78 is 20.9. The van der Waals surface area contributed by atoms with E-state index in [2.05, 4.69) is 24.0 Å². The van der Waals surface area contributed by atoms with Gasteiger partial charge in [-0.15, -0.1) is 0 Å². The molecule has 7 heteroatoms. The lowest BCUT2D eigenvalue weighted by Gasteiger charge is -2.34. The molecule has 2 bridgehead atoms. The fourth-order valence-corrected chi connectivity index (χ4v) is 5.43. The first kappa shape index (κ1) is 22.8. The van der Waals surface area contributed by atoms with E-state index >= 15 is 0 Å². The molecule has 2 fully saturated rings. The van der Waals surface area contributed by atoms with Crippen LogP contribution in [0.3, 0.4) is 0 Å². The van der Waals surface area contributed by atoms with Gasteiger partial charge in [0.15, 0.2) is 0 Å². The number of aromatic nitrogens is 2. The van der Waals surface area contributed by atoms with Gasteiger partial charge in [0, 0.05) is 17.7 Å². The van der Waals surface area contributed by atoms with E-state index in [4.69, 9.17) is 19.9 Å². The average molecular weight is 462 g/mol. The Morgan fingerprint density at radius 1 is 1.09 bits per heavy atom. The summed E-state index contributed by atoms with van der Waals surface area (Å²) >= 11 is 0. The van der Waals surface area contributed by atoms with Crippen molar-refractivity contribution in [3.63, 3.8) is 0 Å². The minimum absolute atomic E-state index is 0.00781. The Hall–Kier alpha value is -3.00. The Bertz CT molecular complexity index is 1180. The van der Waals surface area contributed by atoms with Crippen molar-refractivity contribution >= 4 is 5.82 Å². The number of hydrogen-bond acceptors (Lipinski definition) is 6. The summed E-state index contributed by atoms with van der Waals surface area (Å²) in [6.45, 7) is 5.38. The molecule has 1 aromatic heterocycles. The minimum Gasteiger partial charge on any atom is -0.383 e. The van der Waals surface area contributed by atoms with Crippen LogP contribution >= 0.6 is 0 Å². The average Bonchev–Trinajstić information content (AvgIpc) is 3.29. The molecule has 178 valence electrons. The number of nitrogens with two attached hydrogens (primary N) is 1. The molecule has 1 aliphatic heterocycles. The zero-order valence-electron chi connectivity index (χ0n) is 19.6. The first-order valence-electron chi connectivity index (χ1n) is 11.8. The van der Waals surface area contributed by atoms with Gasteiger partial charge in [-0.1, -0.05) is 67.6 Å². The van der Waals surface area contributed by atoms with E-state index in [0.717, 1.165) is 23.1 Å². The third kappa shape index (κ3) is 4.27. The van der Waals surface area contributed by atoms with Crippen LogP contribution in [0, 0.1) is 18.8 Å². The number of nitrogen functional groups attached to an aromatic ring is 1. The van der Waals surface area contributed by atoms with E-state index < -0.39 is 17.5 Å². The largest absolute Gasteiger partial charge is 0.383 e. The van der Waals surface area contributed by atoms with Crippen molar-refractivity contribution in [3.05, 3.63) is 94.0 Å². The fourth-order valence-electron chi connectivity index (χ4n) is 5.43. The summed E-state index contributed by atoms with van der Waals surface area (Å²) in [4.78, 5) is 16.8. The number of rotatable bonds is 8. The molecule has 34 heavy (non-hydrogen) atoms. The van der Waals surface area contributed by atoms with Gasteiger partial charge in [-0.25, -0.2) is 4.79 Å². The van der Waals surface area contributed by atoms with Crippen LogP contribution in [0.5, 0.6) is 0 Å². The number of anilines is 1. The zero-order chi connectivity index (χ0) is 23.7. The van der Waals surface area contributed by atoms with Gasteiger partial charge >= 0.3 is 5.69 Å². The number of nitrogens with zero attached hydrogens (tertiary/aromatic N) is 2. The van der Waals surface area contributed by atoms with Crippen molar-refractivity contribution in [2.24, 2.45) is 11.8 Å². The highest BCUT2D eigenvalue weighted by Gasteiger charge is 2.64. The van der Waals surface area contributed by atoms with Gasteiger partial charge in [0.1, 0.15) is 17.6 Å². The SMILES string of the molecule is Cc1cn([C@@H]2O[C@@]3(COCc4ccccc4)CC(C)[C@@H]2[C@@H]3OCc2ccccc2)c(=O)nc1N. The number of ether oxygens (including phenoxy) is 3. The molecule has 1 aliphatic carbocycles. The third-order valence-corrected chi connectivity index (χ3v) is 7.06. The second kappa shape index (κ2) is 9.33. The lowest BCUT2D eigenvalue weighted by Crippen LogP contribution is -2.43.